The lowest BCUT2D eigenvalue weighted by molar-refractivity contribution is -0.126. The number of nitrogens with zero attached hydrogens (tertiary/aromatic N) is 2. The number of carbonyl (C=O) groups excluding carboxylic acids is 1. The van der Waals surface area contributed by atoms with Crippen LogP contribution in [0.25, 0.3) is 0 Å². The molecular formula is C24H31N3O. The Morgan fingerprint density at radius 1 is 1.04 bits per heavy atom. The van der Waals surface area contributed by atoms with Crippen LogP contribution in [-0.2, 0) is 11.3 Å². The highest BCUT2D eigenvalue weighted by atomic mass is 16.2. The van der Waals surface area contributed by atoms with Gasteiger partial charge >= 0.3 is 0 Å². The third kappa shape index (κ3) is 4.56. The Morgan fingerprint density at radius 2 is 1.71 bits per heavy atom. The second-order valence-electron chi connectivity index (χ2n) is 8.19. The van der Waals surface area contributed by atoms with E-state index >= 15 is 0 Å². The van der Waals surface area contributed by atoms with Crippen LogP contribution in [0.3, 0.4) is 0 Å². The van der Waals surface area contributed by atoms with Gasteiger partial charge in [-0.25, -0.2) is 0 Å². The Balaban J connectivity index is 1.56. The maximum atomic E-state index is 13.0. The molecule has 1 unspecified atom stereocenters. The lowest BCUT2D eigenvalue weighted by atomic mass is 10.0. The van der Waals surface area contributed by atoms with Crippen LogP contribution >= 0.6 is 0 Å². The summed E-state index contributed by atoms with van der Waals surface area (Å²) in [4.78, 5) is 17.7. The number of benzene rings is 2. The first-order chi connectivity index (χ1) is 13.7. The number of anilines is 1. The van der Waals surface area contributed by atoms with Crippen molar-refractivity contribution in [3.63, 3.8) is 0 Å². The Hall–Kier alpha value is -2.33. The van der Waals surface area contributed by atoms with Crippen LogP contribution in [0, 0.1) is 0 Å². The SMILES string of the molecule is CN(Cc1ccccc1N1CCCCC1)C(C(=O)NC1CC1)c1ccccc1. The van der Waals surface area contributed by atoms with E-state index in [1.807, 2.05) is 18.2 Å². The average Bonchev–Trinajstić information content (AvgIpc) is 3.54. The number of hydrogen-bond acceptors (Lipinski definition) is 3. The quantitative estimate of drug-likeness (QED) is 0.788. The summed E-state index contributed by atoms with van der Waals surface area (Å²) >= 11 is 0. The van der Waals surface area contributed by atoms with E-state index in [0.717, 1.165) is 38.0 Å². The predicted molar refractivity (Wildman–Crippen MR) is 114 cm³/mol. The number of piperidine rings is 1. The molecule has 2 fully saturated rings. The van der Waals surface area contributed by atoms with E-state index in [4.69, 9.17) is 0 Å². The number of hydrogen-bond donors (Lipinski definition) is 1. The van der Waals surface area contributed by atoms with Gasteiger partial charge in [0.15, 0.2) is 0 Å². The Morgan fingerprint density at radius 3 is 2.43 bits per heavy atom. The van der Waals surface area contributed by atoms with Crippen LogP contribution in [0.4, 0.5) is 5.69 Å². The van der Waals surface area contributed by atoms with E-state index in [-0.39, 0.29) is 11.9 Å². The average molecular weight is 378 g/mol. The van der Waals surface area contributed by atoms with Gasteiger partial charge in [0.2, 0.25) is 5.91 Å². The molecule has 4 heteroatoms. The second kappa shape index (κ2) is 8.78. The maximum Gasteiger partial charge on any atom is 0.242 e. The minimum Gasteiger partial charge on any atom is -0.371 e. The molecule has 1 amide bonds. The van der Waals surface area contributed by atoms with Gasteiger partial charge in [-0.2, -0.15) is 0 Å². The van der Waals surface area contributed by atoms with Gasteiger partial charge < -0.3 is 10.2 Å². The summed E-state index contributed by atoms with van der Waals surface area (Å²) in [6.45, 7) is 3.01. The van der Waals surface area contributed by atoms with Crippen molar-refractivity contribution < 1.29 is 4.79 Å². The van der Waals surface area contributed by atoms with E-state index in [1.54, 1.807) is 0 Å². The van der Waals surface area contributed by atoms with Crippen molar-refractivity contribution in [1.82, 2.24) is 10.2 Å². The molecule has 1 aliphatic carbocycles. The normalized spacial score (nSPS) is 18.1. The van der Waals surface area contributed by atoms with E-state index in [9.17, 15) is 4.79 Å². The fourth-order valence-electron chi connectivity index (χ4n) is 4.20. The number of likely N-dealkylation sites (N-methyl/N-ethyl adjacent to an activating group) is 1. The molecule has 0 bridgehead atoms. The summed E-state index contributed by atoms with van der Waals surface area (Å²) in [5, 5.41) is 3.21. The van der Waals surface area contributed by atoms with E-state index in [1.165, 1.54) is 30.5 Å². The first-order valence-electron chi connectivity index (χ1n) is 10.6. The van der Waals surface area contributed by atoms with Gasteiger partial charge in [0.05, 0.1) is 0 Å². The Kier molecular flexibility index (Phi) is 5.96. The molecule has 0 aromatic heterocycles. The van der Waals surface area contributed by atoms with E-state index < -0.39 is 0 Å². The van der Waals surface area contributed by atoms with Crippen LogP contribution in [0.1, 0.15) is 49.3 Å². The predicted octanol–water partition coefficient (Wildman–Crippen LogP) is 4.13. The fourth-order valence-corrected chi connectivity index (χ4v) is 4.20. The van der Waals surface area contributed by atoms with Crippen molar-refractivity contribution in [3.05, 3.63) is 65.7 Å². The largest absolute Gasteiger partial charge is 0.371 e. The van der Waals surface area contributed by atoms with Crippen molar-refractivity contribution in [3.8, 4) is 0 Å². The molecule has 1 saturated heterocycles. The standard InChI is InChI=1S/C24H31N3O/c1-26(18-20-12-6-7-13-22(20)27-16-8-3-9-17-27)23(19-10-4-2-5-11-19)24(28)25-21-14-15-21/h2,4-7,10-13,21,23H,3,8-9,14-18H2,1H3,(H,25,28). The molecule has 2 aromatic rings. The third-order valence-corrected chi connectivity index (χ3v) is 5.84. The van der Waals surface area contributed by atoms with Gasteiger partial charge in [0.1, 0.15) is 6.04 Å². The lowest BCUT2D eigenvalue weighted by Gasteiger charge is -2.33. The fraction of sp³-hybridized carbons (Fsp3) is 0.458. The molecule has 28 heavy (non-hydrogen) atoms. The number of amides is 1. The monoisotopic (exact) mass is 377 g/mol. The highest BCUT2D eigenvalue weighted by Gasteiger charge is 2.31. The molecule has 0 spiro atoms. The molecule has 2 aromatic carbocycles. The smallest absolute Gasteiger partial charge is 0.242 e. The summed E-state index contributed by atoms with van der Waals surface area (Å²) in [5.41, 5.74) is 3.68. The molecule has 1 aliphatic heterocycles. The van der Waals surface area contributed by atoms with Gasteiger partial charge in [0, 0.05) is 31.4 Å². The Labute approximate surface area is 168 Å². The molecule has 2 aliphatic rings. The summed E-state index contributed by atoms with van der Waals surface area (Å²) in [7, 11) is 2.07. The number of para-hydroxylation sites is 1. The third-order valence-electron chi connectivity index (χ3n) is 5.84. The minimum atomic E-state index is -0.267. The maximum absolute atomic E-state index is 13.0. The minimum absolute atomic E-state index is 0.117. The second-order valence-corrected chi connectivity index (χ2v) is 8.19. The number of nitrogens with one attached hydrogen (secondary N) is 1. The zero-order chi connectivity index (χ0) is 19.3. The topological polar surface area (TPSA) is 35.6 Å². The molecule has 1 heterocycles. The van der Waals surface area contributed by atoms with Crippen LogP contribution in [0.5, 0.6) is 0 Å². The summed E-state index contributed by atoms with van der Waals surface area (Å²) < 4.78 is 0. The van der Waals surface area contributed by atoms with Crippen LogP contribution in [-0.4, -0.2) is 37.0 Å². The van der Waals surface area contributed by atoms with Gasteiger partial charge in [-0.3, -0.25) is 9.69 Å². The summed E-state index contributed by atoms with van der Waals surface area (Å²) in [6.07, 6.45) is 6.07. The van der Waals surface area contributed by atoms with Crippen LogP contribution in [0.15, 0.2) is 54.6 Å². The van der Waals surface area contributed by atoms with Gasteiger partial charge in [0.25, 0.3) is 0 Å². The van der Waals surface area contributed by atoms with Crippen molar-refractivity contribution >= 4 is 11.6 Å². The van der Waals surface area contributed by atoms with Crippen molar-refractivity contribution in [2.24, 2.45) is 0 Å². The van der Waals surface area contributed by atoms with Crippen molar-refractivity contribution in [2.45, 2.75) is 50.7 Å². The van der Waals surface area contributed by atoms with Crippen LogP contribution in [0.2, 0.25) is 0 Å². The molecule has 0 radical (unpaired) electrons. The molecule has 1 N–H and O–H groups in total. The first-order valence-corrected chi connectivity index (χ1v) is 10.6. The Bertz CT molecular complexity index is 781. The van der Waals surface area contributed by atoms with Crippen molar-refractivity contribution in [2.75, 3.05) is 25.0 Å². The van der Waals surface area contributed by atoms with E-state index in [0.29, 0.717) is 6.04 Å². The first kappa shape index (κ1) is 19.0. The van der Waals surface area contributed by atoms with Crippen LogP contribution < -0.4 is 10.2 Å². The van der Waals surface area contributed by atoms with E-state index in [2.05, 4.69) is 58.6 Å². The summed E-state index contributed by atoms with van der Waals surface area (Å²) in [6, 6.07) is 18.9. The number of rotatable bonds is 7. The van der Waals surface area contributed by atoms with Crippen molar-refractivity contribution in [1.29, 1.82) is 0 Å². The van der Waals surface area contributed by atoms with Gasteiger partial charge in [-0.15, -0.1) is 0 Å². The summed E-state index contributed by atoms with van der Waals surface area (Å²) in [5.74, 6) is 0.117. The molecule has 148 valence electrons. The molecule has 1 saturated carbocycles. The molecule has 1 atom stereocenters. The lowest BCUT2D eigenvalue weighted by Crippen LogP contribution is -2.39. The molecular weight excluding hydrogens is 346 g/mol. The zero-order valence-corrected chi connectivity index (χ0v) is 16.8. The van der Waals surface area contributed by atoms with Gasteiger partial charge in [-0.05, 0) is 56.3 Å². The molecule has 4 nitrogen and oxygen atoms in total. The molecule has 4 rings (SSSR count). The number of carbonyl (C=O) groups is 1. The highest BCUT2D eigenvalue weighted by molar-refractivity contribution is 5.83. The van der Waals surface area contributed by atoms with Gasteiger partial charge in [-0.1, -0.05) is 48.5 Å². The highest BCUT2D eigenvalue weighted by Crippen LogP contribution is 2.29. The zero-order valence-electron chi connectivity index (χ0n) is 16.8.